The van der Waals surface area contributed by atoms with Crippen LogP contribution in [0.3, 0.4) is 0 Å². The van der Waals surface area contributed by atoms with Gasteiger partial charge in [0.05, 0.1) is 11.3 Å². The molecular weight excluding hydrogens is 467 g/mol. The maximum atomic E-state index is 13.0. The molecular formula is C23H20F3N5O2S. The van der Waals surface area contributed by atoms with Crippen molar-refractivity contribution in [1.82, 2.24) is 15.0 Å². The molecule has 0 saturated carbocycles. The fourth-order valence-electron chi connectivity index (χ4n) is 3.82. The monoisotopic (exact) mass is 487 g/mol. The van der Waals surface area contributed by atoms with Crippen molar-refractivity contribution in [2.75, 3.05) is 36.0 Å². The minimum Gasteiger partial charge on any atom is -0.431 e. The number of para-hydroxylation sites is 2. The van der Waals surface area contributed by atoms with E-state index >= 15 is 0 Å². The predicted molar refractivity (Wildman–Crippen MR) is 124 cm³/mol. The Labute approximate surface area is 196 Å². The van der Waals surface area contributed by atoms with Crippen LogP contribution in [-0.2, 0) is 11.9 Å². The maximum Gasteiger partial charge on any atom is 0.416 e. The number of H-pyrrole nitrogens is 1. The first-order valence-electron chi connectivity index (χ1n) is 10.6. The van der Waals surface area contributed by atoms with E-state index < -0.39 is 11.7 Å². The Morgan fingerprint density at radius 3 is 2.50 bits per heavy atom. The molecule has 4 aromatic rings. The summed E-state index contributed by atoms with van der Waals surface area (Å²) in [5.74, 6) is 0.859. The molecule has 2 aromatic heterocycles. The molecule has 0 unspecified atom stereocenters. The lowest BCUT2D eigenvalue weighted by Gasteiger charge is -2.36. The molecule has 7 nitrogen and oxygen atoms in total. The van der Waals surface area contributed by atoms with Crippen LogP contribution in [0.2, 0.25) is 0 Å². The van der Waals surface area contributed by atoms with Crippen LogP contribution in [0.15, 0.2) is 69.0 Å². The van der Waals surface area contributed by atoms with Crippen molar-refractivity contribution in [2.24, 2.45) is 0 Å². The van der Waals surface area contributed by atoms with Gasteiger partial charge in [-0.15, -0.1) is 0 Å². The van der Waals surface area contributed by atoms with Gasteiger partial charge in [0.1, 0.15) is 5.52 Å². The molecule has 34 heavy (non-hydrogen) atoms. The van der Waals surface area contributed by atoms with Crippen LogP contribution in [0.25, 0.3) is 11.1 Å². The number of halogens is 3. The van der Waals surface area contributed by atoms with E-state index in [1.807, 2.05) is 34.1 Å². The summed E-state index contributed by atoms with van der Waals surface area (Å²) in [4.78, 5) is 27.8. The molecule has 1 aliphatic heterocycles. The zero-order valence-electron chi connectivity index (χ0n) is 17.9. The number of oxazole rings is 1. The number of hydrogen-bond donors (Lipinski definition) is 1. The largest absolute Gasteiger partial charge is 0.431 e. The minimum absolute atomic E-state index is 0.265. The third-order valence-electron chi connectivity index (χ3n) is 5.52. The van der Waals surface area contributed by atoms with Crippen LogP contribution in [0.5, 0.6) is 0 Å². The highest BCUT2D eigenvalue weighted by Crippen LogP contribution is 2.32. The molecule has 0 amide bonds. The summed E-state index contributed by atoms with van der Waals surface area (Å²) in [5.41, 5.74) is 1.65. The molecule has 176 valence electrons. The first-order chi connectivity index (χ1) is 16.3. The summed E-state index contributed by atoms with van der Waals surface area (Å²) in [6, 6.07) is 14.2. The highest BCUT2D eigenvalue weighted by Gasteiger charge is 2.31. The van der Waals surface area contributed by atoms with Crippen molar-refractivity contribution in [2.45, 2.75) is 17.2 Å². The lowest BCUT2D eigenvalue weighted by Crippen LogP contribution is -2.47. The molecule has 2 aromatic carbocycles. The zero-order chi connectivity index (χ0) is 23.7. The molecule has 1 saturated heterocycles. The Bertz CT molecular complexity index is 1330. The van der Waals surface area contributed by atoms with Crippen LogP contribution >= 0.6 is 11.8 Å². The molecule has 5 rings (SSSR count). The van der Waals surface area contributed by atoms with Gasteiger partial charge in [-0.25, -0.2) is 9.97 Å². The van der Waals surface area contributed by atoms with E-state index in [9.17, 15) is 18.0 Å². The van der Waals surface area contributed by atoms with E-state index in [0.29, 0.717) is 60.1 Å². The van der Waals surface area contributed by atoms with E-state index in [4.69, 9.17) is 4.42 Å². The predicted octanol–water partition coefficient (Wildman–Crippen LogP) is 4.55. The van der Waals surface area contributed by atoms with Crippen LogP contribution in [0.1, 0.15) is 11.3 Å². The number of anilines is 2. The van der Waals surface area contributed by atoms with Crippen molar-refractivity contribution in [3.63, 3.8) is 0 Å². The van der Waals surface area contributed by atoms with Gasteiger partial charge in [-0.2, -0.15) is 13.2 Å². The second-order valence-corrected chi connectivity index (χ2v) is 8.75. The number of nitrogens with one attached hydrogen (secondary N) is 1. The zero-order valence-corrected chi connectivity index (χ0v) is 18.7. The number of hydrogen-bond acceptors (Lipinski definition) is 7. The quantitative estimate of drug-likeness (QED) is 0.414. The molecule has 1 N–H and O–H groups in total. The van der Waals surface area contributed by atoms with Crippen LogP contribution in [-0.4, -0.2) is 41.1 Å². The Kier molecular flexibility index (Phi) is 5.94. The number of aromatic nitrogens is 3. The topological polar surface area (TPSA) is 78.3 Å². The molecule has 11 heteroatoms. The van der Waals surface area contributed by atoms with Crippen molar-refractivity contribution in [3.8, 4) is 0 Å². The van der Waals surface area contributed by atoms with Crippen molar-refractivity contribution in [1.29, 1.82) is 0 Å². The Hall–Kier alpha value is -3.47. The summed E-state index contributed by atoms with van der Waals surface area (Å²) in [5, 5.41) is 0.500. The van der Waals surface area contributed by atoms with Crippen molar-refractivity contribution >= 4 is 34.5 Å². The Morgan fingerprint density at radius 2 is 1.74 bits per heavy atom. The van der Waals surface area contributed by atoms with E-state index in [1.54, 1.807) is 6.07 Å². The number of piperazine rings is 1. The molecule has 0 bridgehead atoms. The molecule has 3 heterocycles. The van der Waals surface area contributed by atoms with E-state index in [1.165, 1.54) is 30.0 Å². The number of benzene rings is 2. The summed E-state index contributed by atoms with van der Waals surface area (Å²) in [6.07, 6.45) is -4.38. The van der Waals surface area contributed by atoms with Crippen LogP contribution in [0.4, 0.5) is 24.8 Å². The molecule has 0 atom stereocenters. The lowest BCUT2D eigenvalue weighted by atomic mass is 10.1. The van der Waals surface area contributed by atoms with Gasteiger partial charge in [-0.05, 0) is 30.3 Å². The number of aromatic amines is 1. The lowest BCUT2D eigenvalue weighted by molar-refractivity contribution is -0.137. The summed E-state index contributed by atoms with van der Waals surface area (Å²) in [7, 11) is 0. The van der Waals surface area contributed by atoms with E-state index in [2.05, 4.69) is 15.0 Å². The van der Waals surface area contributed by atoms with Gasteiger partial charge >= 0.3 is 6.18 Å². The van der Waals surface area contributed by atoms with Gasteiger partial charge in [0, 0.05) is 43.7 Å². The first-order valence-corrected chi connectivity index (χ1v) is 11.6. The molecule has 0 spiro atoms. The normalized spacial score (nSPS) is 14.7. The smallest absolute Gasteiger partial charge is 0.416 e. The second kappa shape index (κ2) is 9.05. The fourth-order valence-corrected chi connectivity index (χ4v) is 4.55. The van der Waals surface area contributed by atoms with Crippen LogP contribution in [0, 0.1) is 0 Å². The molecule has 1 aliphatic rings. The van der Waals surface area contributed by atoms with Gasteiger partial charge < -0.3 is 14.2 Å². The fraction of sp³-hybridized carbons (Fsp3) is 0.261. The van der Waals surface area contributed by atoms with Gasteiger partial charge in [-0.3, -0.25) is 9.78 Å². The van der Waals surface area contributed by atoms with Crippen molar-refractivity contribution < 1.29 is 17.6 Å². The number of fused-ring (bicyclic) bond motifs is 1. The van der Waals surface area contributed by atoms with Crippen LogP contribution < -0.4 is 15.4 Å². The average molecular weight is 488 g/mol. The van der Waals surface area contributed by atoms with Gasteiger partial charge in [0.2, 0.25) is 5.95 Å². The first kappa shape index (κ1) is 22.3. The summed E-state index contributed by atoms with van der Waals surface area (Å²) < 4.78 is 44.8. The maximum absolute atomic E-state index is 13.0. The van der Waals surface area contributed by atoms with E-state index in [0.717, 1.165) is 11.6 Å². The second-order valence-electron chi connectivity index (χ2n) is 7.82. The standard InChI is InChI=1S/C23H20F3N5O2S/c24-23(25,26)15-4-3-5-17(12-15)30-8-10-31(11-9-30)21-27-16(13-20(32)29-21)14-34-22-28-18-6-1-2-7-19(18)33-22/h1-7,12-13H,8-11,14H2,(H,27,29,32). The SMILES string of the molecule is O=c1cc(CSc2nc3ccccc3o2)nc(N2CCN(c3cccc(C(F)(F)F)c3)CC2)[nH]1. The van der Waals surface area contributed by atoms with Gasteiger partial charge in [-0.1, -0.05) is 30.0 Å². The van der Waals surface area contributed by atoms with Gasteiger partial charge in [0.25, 0.3) is 10.8 Å². The minimum atomic E-state index is -4.38. The van der Waals surface area contributed by atoms with E-state index in [-0.39, 0.29) is 5.56 Å². The number of nitrogens with zero attached hydrogens (tertiary/aromatic N) is 4. The number of rotatable bonds is 5. The summed E-state index contributed by atoms with van der Waals surface area (Å²) >= 11 is 1.35. The average Bonchev–Trinajstić information content (AvgIpc) is 3.25. The highest BCUT2D eigenvalue weighted by molar-refractivity contribution is 7.98. The Morgan fingerprint density at radius 1 is 0.971 bits per heavy atom. The molecule has 1 fully saturated rings. The summed E-state index contributed by atoms with van der Waals surface area (Å²) in [6.45, 7) is 2.04. The van der Waals surface area contributed by atoms with Crippen molar-refractivity contribution in [3.05, 3.63) is 76.2 Å². The van der Waals surface area contributed by atoms with Gasteiger partial charge in [0.15, 0.2) is 5.58 Å². The third kappa shape index (κ3) is 4.89. The molecule has 0 radical (unpaired) electrons. The number of alkyl halides is 3. The number of thioether (sulfide) groups is 1. The molecule has 0 aliphatic carbocycles. The third-order valence-corrected chi connectivity index (χ3v) is 6.38. The Balaban J connectivity index is 1.25. The highest BCUT2D eigenvalue weighted by atomic mass is 32.2.